The van der Waals surface area contributed by atoms with Crippen molar-refractivity contribution < 1.29 is 9.53 Å². The van der Waals surface area contributed by atoms with Crippen LogP contribution in [0.1, 0.15) is 29.8 Å². The second-order valence-corrected chi connectivity index (χ2v) is 3.33. The Morgan fingerprint density at radius 3 is 2.44 bits per heavy atom. The number of carbonyl (C=O) groups is 1. The third kappa shape index (κ3) is 4.45. The van der Waals surface area contributed by atoms with Crippen molar-refractivity contribution in [3.63, 3.8) is 0 Å². The van der Waals surface area contributed by atoms with Crippen molar-refractivity contribution in [1.82, 2.24) is 4.90 Å². The van der Waals surface area contributed by atoms with Gasteiger partial charge in [0.15, 0.2) is 0 Å². The number of benzene rings is 1. The zero-order chi connectivity index (χ0) is 12.6. The van der Waals surface area contributed by atoms with Gasteiger partial charge in [-0.2, -0.15) is 0 Å². The van der Waals surface area contributed by atoms with Gasteiger partial charge in [0.2, 0.25) is 0 Å². The Hall–Kier alpha value is -1.35. The highest BCUT2D eigenvalue weighted by Crippen LogP contribution is 2.07. The number of hydrogen-bond donors (Lipinski definition) is 0. The van der Waals surface area contributed by atoms with Gasteiger partial charge in [0.1, 0.15) is 0 Å². The molecule has 0 heterocycles. The molecule has 0 fully saturated rings. The van der Waals surface area contributed by atoms with Crippen LogP contribution >= 0.6 is 0 Å². The van der Waals surface area contributed by atoms with Crippen molar-refractivity contribution in [2.24, 2.45) is 0 Å². The van der Waals surface area contributed by atoms with E-state index in [2.05, 4.69) is 0 Å². The molecule has 0 aliphatic carbocycles. The van der Waals surface area contributed by atoms with E-state index in [4.69, 9.17) is 4.74 Å². The molecule has 1 rings (SSSR count). The summed E-state index contributed by atoms with van der Waals surface area (Å²) in [5.41, 5.74) is 1.71. The average Bonchev–Trinajstić information content (AvgIpc) is 2.31. The van der Waals surface area contributed by atoms with E-state index in [9.17, 15) is 4.79 Å². The van der Waals surface area contributed by atoms with E-state index in [1.54, 1.807) is 26.1 Å². The first-order valence-electron chi connectivity index (χ1n) is 5.44. The van der Waals surface area contributed by atoms with Crippen LogP contribution in [0.4, 0.5) is 0 Å². The fourth-order valence-corrected chi connectivity index (χ4v) is 1.22. The van der Waals surface area contributed by atoms with Crippen molar-refractivity contribution in [2.75, 3.05) is 21.2 Å². The van der Waals surface area contributed by atoms with Gasteiger partial charge in [-0.1, -0.05) is 26.0 Å². The van der Waals surface area contributed by atoms with E-state index in [0.29, 0.717) is 12.2 Å². The monoisotopic (exact) mass is 223 g/mol. The molecular weight excluding hydrogens is 202 g/mol. The molecule has 0 saturated carbocycles. The van der Waals surface area contributed by atoms with Gasteiger partial charge < -0.3 is 9.64 Å². The summed E-state index contributed by atoms with van der Waals surface area (Å²) in [7, 11) is 5.12. The molecule has 0 saturated heterocycles. The first kappa shape index (κ1) is 14.6. The van der Waals surface area contributed by atoms with Crippen LogP contribution in [0, 0.1) is 0 Å². The number of rotatable bonds is 3. The van der Waals surface area contributed by atoms with Crippen LogP contribution in [0.25, 0.3) is 0 Å². The largest absolute Gasteiger partial charge is 0.380 e. The zero-order valence-corrected chi connectivity index (χ0v) is 10.8. The van der Waals surface area contributed by atoms with Gasteiger partial charge in [-0.25, -0.2) is 0 Å². The maximum Gasteiger partial charge on any atom is 0.253 e. The summed E-state index contributed by atoms with van der Waals surface area (Å²) in [5, 5.41) is 0. The minimum absolute atomic E-state index is 0.0166. The average molecular weight is 223 g/mol. The summed E-state index contributed by atoms with van der Waals surface area (Å²) < 4.78 is 5.00. The molecule has 0 aliphatic rings. The smallest absolute Gasteiger partial charge is 0.253 e. The van der Waals surface area contributed by atoms with Crippen LogP contribution < -0.4 is 0 Å². The van der Waals surface area contributed by atoms with E-state index in [-0.39, 0.29) is 5.91 Å². The second-order valence-electron chi connectivity index (χ2n) is 3.33. The first-order valence-corrected chi connectivity index (χ1v) is 5.44. The topological polar surface area (TPSA) is 29.5 Å². The Morgan fingerprint density at radius 1 is 1.31 bits per heavy atom. The minimum Gasteiger partial charge on any atom is -0.380 e. The van der Waals surface area contributed by atoms with Crippen molar-refractivity contribution in [1.29, 1.82) is 0 Å². The van der Waals surface area contributed by atoms with Crippen molar-refractivity contribution in [3.05, 3.63) is 35.4 Å². The number of hydrogen-bond acceptors (Lipinski definition) is 2. The maximum absolute atomic E-state index is 11.6. The van der Waals surface area contributed by atoms with Gasteiger partial charge in [-0.15, -0.1) is 0 Å². The van der Waals surface area contributed by atoms with Crippen LogP contribution in [-0.2, 0) is 11.3 Å². The Labute approximate surface area is 98.0 Å². The third-order valence-electron chi connectivity index (χ3n) is 1.89. The number of nitrogens with zero attached hydrogens (tertiary/aromatic N) is 1. The normalized spacial score (nSPS) is 9.06. The maximum atomic E-state index is 11.6. The zero-order valence-electron chi connectivity index (χ0n) is 10.8. The fraction of sp³-hybridized carbons (Fsp3) is 0.462. The standard InChI is InChI=1S/C11H15NO2.C2H6/c1-12(2)11(13)10-6-4-5-9(7-10)8-14-3;1-2/h4-7H,8H2,1-3H3;1-2H3. The Morgan fingerprint density at radius 2 is 1.94 bits per heavy atom. The predicted octanol–water partition coefficient (Wildman–Crippen LogP) is 2.56. The number of carbonyl (C=O) groups excluding carboxylic acids is 1. The molecule has 0 aromatic heterocycles. The Balaban J connectivity index is 0.00000106. The van der Waals surface area contributed by atoms with Gasteiger partial charge in [-0.3, -0.25) is 4.79 Å². The van der Waals surface area contributed by atoms with Crippen LogP contribution in [0.5, 0.6) is 0 Å². The van der Waals surface area contributed by atoms with E-state index >= 15 is 0 Å². The quantitative estimate of drug-likeness (QED) is 0.788. The molecule has 1 aromatic carbocycles. The molecular formula is C13H21NO2. The summed E-state index contributed by atoms with van der Waals surface area (Å²) in [6, 6.07) is 7.47. The van der Waals surface area contributed by atoms with Crippen molar-refractivity contribution in [3.8, 4) is 0 Å². The Bertz CT molecular complexity index is 321. The van der Waals surface area contributed by atoms with Crippen LogP contribution in [0.15, 0.2) is 24.3 Å². The highest BCUT2D eigenvalue weighted by Gasteiger charge is 2.07. The molecule has 0 atom stereocenters. The second kappa shape index (κ2) is 7.88. The molecule has 0 unspecified atom stereocenters. The van der Waals surface area contributed by atoms with Gasteiger partial charge in [0.05, 0.1) is 6.61 Å². The summed E-state index contributed by atoms with van der Waals surface area (Å²) in [6.07, 6.45) is 0. The van der Waals surface area contributed by atoms with E-state index in [1.165, 1.54) is 0 Å². The summed E-state index contributed by atoms with van der Waals surface area (Å²) >= 11 is 0. The number of amides is 1. The van der Waals surface area contributed by atoms with Crippen molar-refractivity contribution >= 4 is 5.91 Å². The molecule has 0 radical (unpaired) electrons. The highest BCUT2D eigenvalue weighted by atomic mass is 16.5. The Kier molecular flexibility index (Phi) is 7.21. The molecule has 1 amide bonds. The van der Waals surface area contributed by atoms with Gasteiger partial charge in [0, 0.05) is 26.8 Å². The van der Waals surface area contributed by atoms with E-state index < -0.39 is 0 Å². The lowest BCUT2D eigenvalue weighted by molar-refractivity contribution is 0.0827. The highest BCUT2D eigenvalue weighted by molar-refractivity contribution is 5.93. The van der Waals surface area contributed by atoms with E-state index in [0.717, 1.165) is 5.56 Å². The molecule has 90 valence electrons. The fourth-order valence-electron chi connectivity index (χ4n) is 1.22. The lowest BCUT2D eigenvalue weighted by Crippen LogP contribution is -2.21. The SMILES string of the molecule is CC.COCc1cccc(C(=O)N(C)C)c1. The third-order valence-corrected chi connectivity index (χ3v) is 1.89. The number of ether oxygens (including phenoxy) is 1. The van der Waals surface area contributed by atoms with Crippen LogP contribution in [-0.4, -0.2) is 32.0 Å². The first-order chi connectivity index (χ1) is 7.65. The predicted molar refractivity (Wildman–Crippen MR) is 66.5 cm³/mol. The lowest BCUT2D eigenvalue weighted by Gasteiger charge is -2.10. The molecule has 16 heavy (non-hydrogen) atoms. The summed E-state index contributed by atoms with van der Waals surface area (Å²) in [4.78, 5) is 13.1. The van der Waals surface area contributed by atoms with Gasteiger partial charge in [0.25, 0.3) is 5.91 Å². The molecule has 3 nitrogen and oxygen atoms in total. The molecule has 0 N–H and O–H groups in total. The molecule has 3 heteroatoms. The van der Waals surface area contributed by atoms with Gasteiger partial charge in [-0.05, 0) is 17.7 Å². The summed E-state index contributed by atoms with van der Waals surface area (Å²) in [6.45, 7) is 4.54. The van der Waals surface area contributed by atoms with Crippen molar-refractivity contribution in [2.45, 2.75) is 20.5 Å². The minimum atomic E-state index is 0.0166. The molecule has 1 aromatic rings. The van der Waals surface area contributed by atoms with Crippen LogP contribution in [0.2, 0.25) is 0 Å². The van der Waals surface area contributed by atoms with Crippen LogP contribution in [0.3, 0.4) is 0 Å². The van der Waals surface area contributed by atoms with Gasteiger partial charge >= 0.3 is 0 Å². The molecule has 0 aliphatic heterocycles. The number of methoxy groups -OCH3 is 1. The van der Waals surface area contributed by atoms with E-state index in [1.807, 2.05) is 38.1 Å². The molecule has 0 bridgehead atoms. The lowest BCUT2D eigenvalue weighted by atomic mass is 10.1. The summed E-state index contributed by atoms with van der Waals surface area (Å²) in [5.74, 6) is 0.0166. The molecule has 0 spiro atoms.